The van der Waals surface area contributed by atoms with E-state index in [-0.39, 0.29) is 18.4 Å². The molecule has 0 atom stereocenters. The number of aryl methyl sites for hydroxylation is 1. The van der Waals surface area contributed by atoms with E-state index in [1.54, 1.807) is 12.1 Å². The van der Waals surface area contributed by atoms with Crippen LogP contribution in [0.5, 0.6) is 0 Å². The lowest BCUT2D eigenvalue weighted by Crippen LogP contribution is -2.37. The maximum atomic E-state index is 12.4. The number of hydrogen-bond acceptors (Lipinski definition) is 4. The fraction of sp³-hybridized carbons (Fsp3) is 0.316. The minimum atomic E-state index is -4.41. The van der Waals surface area contributed by atoms with E-state index in [9.17, 15) is 22.8 Å². The molecule has 1 aromatic heterocycles. The molecule has 28 heavy (non-hydrogen) atoms. The number of anilines is 1. The molecule has 0 bridgehead atoms. The van der Waals surface area contributed by atoms with Crippen LogP contribution in [-0.4, -0.2) is 36.4 Å². The zero-order chi connectivity index (χ0) is 20.6. The molecule has 1 aromatic carbocycles. The van der Waals surface area contributed by atoms with E-state index in [1.807, 2.05) is 19.1 Å². The summed E-state index contributed by atoms with van der Waals surface area (Å²) in [6, 6.07) is 9.28. The topological polar surface area (TPSA) is 83.1 Å². The number of hydrogen-bond donors (Lipinski definition) is 3. The molecule has 2 rings (SSSR count). The minimum absolute atomic E-state index is 0.138. The number of halogens is 3. The summed E-state index contributed by atoms with van der Waals surface area (Å²) in [6.07, 6.45) is -3.11. The highest BCUT2D eigenvalue weighted by atomic mass is 19.4. The molecule has 0 radical (unpaired) electrons. The Bertz CT molecular complexity index is 808. The average Bonchev–Trinajstić information content (AvgIpc) is 2.66. The normalized spacial score (nSPS) is 11.0. The van der Waals surface area contributed by atoms with Gasteiger partial charge in [0.05, 0.1) is 12.1 Å². The molecule has 0 fully saturated rings. The molecule has 0 aliphatic heterocycles. The summed E-state index contributed by atoms with van der Waals surface area (Å²) in [6.45, 7) is 2.45. The van der Waals surface area contributed by atoms with Gasteiger partial charge in [0.15, 0.2) is 0 Å². The van der Waals surface area contributed by atoms with Crippen LogP contribution in [0.4, 0.5) is 19.0 Å². The van der Waals surface area contributed by atoms with Crippen molar-refractivity contribution in [1.82, 2.24) is 15.6 Å². The van der Waals surface area contributed by atoms with Gasteiger partial charge in [-0.2, -0.15) is 13.2 Å². The lowest BCUT2D eigenvalue weighted by molar-refractivity contribution is -0.137. The van der Waals surface area contributed by atoms with Gasteiger partial charge in [-0.25, -0.2) is 4.98 Å². The zero-order valence-electron chi connectivity index (χ0n) is 15.3. The standard InChI is InChI=1S/C19H21F3N4O2/c1-13-5-2-3-6-15(13)18(28)26-12-17(27)24-10-4-9-23-16-8-7-14(11-25-16)19(20,21)22/h2-3,5-8,11H,4,9-10,12H2,1H3,(H,23,25)(H,24,27)(H,26,28). The van der Waals surface area contributed by atoms with Crippen molar-refractivity contribution in [2.24, 2.45) is 0 Å². The number of carbonyl (C=O) groups excluding carboxylic acids is 2. The Hall–Kier alpha value is -3.10. The van der Waals surface area contributed by atoms with Crippen LogP contribution in [0, 0.1) is 6.92 Å². The van der Waals surface area contributed by atoms with Gasteiger partial charge in [0.1, 0.15) is 5.82 Å². The predicted octanol–water partition coefficient (Wildman–Crippen LogP) is 2.76. The lowest BCUT2D eigenvalue weighted by Gasteiger charge is -2.10. The third-order valence-electron chi connectivity index (χ3n) is 3.87. The first-order valence-corrected chi connectivity index (χ1v) is 8.65. The predicted molar refractivity (Wildman–Crippen MR) is 98.9 cm³/mol. The molecule has 0 aliphatic carbocycles. The first-order valence-electron chi connectivity index (χ1n) is 8.65. The Kier molecular flexibility index (Phi) is 7.36. The molecule has 1 heterocycles. The van der Waals surface area contributed by atoms with Crippen molar-refractivity contribution in [3.63, 3.8) is 0 Å². The number of nitrogens with zero attached hydrogens (tertiary/aromatic N) is 1. The van der Waals surface area contributed by atoms with Crippen LogP contribution in [0.25, 0.3) is 0 Å². The van der Waals surface area contributed by atoms with Gasteiger partial charge >= 0.3 is 6.18 Å². The van der Waals surface area contributed by atoms with E-state index in [1.165, 1.54) is 6.07 Å². The molecular formula is C19H21F3N4O2. The molecule has 2 aromatic rings. The van der Waals surface area contributed by atoms with Crippen molar-refractivity contribution in [2.75, 3.05) is 25.0 Å². The molecule has 150 valence electrons. The van der Waals surface area contributed by atoms with Crippen LogP contribution in [0.15, 0.2) is 42.6 Å². The highest BCUT2D eigenvalue weighted by Crippen LogP contribution is 2.28. The second-order valence-corrected chi connectivity index (χ2v) is 6.06. The van der Waals surface area contributed by atoms with Crippen molar-refractivity contribution >= 4 is 17.6 Å². The van der Waals surface area contributed by atoms with E-state index in [0.717, 1.165) is 17.8 Å². The van der Waals surface area contributed by atoms with Gasteiger partial charge in [-0.15, -0.1) is 0 Å². The maximum Gasteiger partial charge on any atom is 0.417 e. The van der Waals surface area contributed by atoms with Crippen LogP contribution < -0.4 is 16.0 Å². The Balaban J connectivity index is 1.62. The first kappa shape index (κ1) is 21.2. The Morgan fingerprint density at radius 2 is 1.79 bits per heavy atom. The number of rotatable bonds is 8. The summed E-state index contributed by atoms with van der Waals surface area (Å²) >= 11 is 0. The molecule has 0 unspecified atom stereocenters. The van der Waals surface area contributed by atoms with E-state index < -0.39 is 11.7 Å². The van der Waals surface area contributed by atoms with Gasteiger partial charge in [-0.3, -0.25) is 9.59 Å². The summed E-state index contributed by atoms with van der Waals surface area (Å²) in [5.41, 5.74) is 0.532. The van der Waals surface area contributed by atoms with Gasteiger partial charge in [-0.1, -0.05) is 18.2 Å². The quantitative estimate of drug-likeness (QED) is 0.602. The van der Waals surface area contributed by atoms with Gasteiger partial charge < -0.3 is 16.0 Å². The summed E-state index contributed by atoms with van der Waals surface area (Å²) in [5.74, 6) is -0.317. The van der Waals surface area contributed by atoms with E-state index >= 15 is 0 Å². The van der Waals surface area contributed by atoms with Gasteiger partial charge in [0, 0.05) is 24.8 Å². The molecule has 2 amide bonds. The monoisotopic (exact) mass is 394 g/mol. The van der Waals surface area contributed by atoms with Crippen molar-refractivity contribution in [2.45, 2.75) is 19.5 Å². The van der Waals surface area contributed by atoms with Crippen LogP contribution in [0.2, 0.25) is 0 Å². The fourth-order valence-electron chi connectivity index (χ4n) is 2.34. The number of aromatic nitrogens is 1. The lowest BCUT2D eigenvalue weighted by atomic mass is 10.1. The van der Waals surface area contributed by atoms with Crippen LogP contribution >= 0.6 is 0 Å². The summed E-state index contributed by atoms with van der Waals surface area (Å²) in [4.78, 5) is 27.5. The largest absolute Gasteiger partial charge is 0.417 e. The molecular weight excluding hydrogens is 373 g/mol. The number of amides is 2. The molecule has 3 N–H and O–H groups in total. The molecule has 9 heteroatoms. The number of pyridine rings is 1. The zero-order valence-corrected chi connectivity index (χ0v) is 15.3. The Morgan fingerprint density at radius 1 is 1.04 bits per heavy atom. The Labute approximate surface area is 160 Å². The minimum Gasteiger partial charge on any atom is -0.370 e. The van der Waals surface area contributed by atoms with Crippen molar-refractivity contribution in [1.29, 1.82) is 0 Å². The number of nitrogens with one attached hydrogen (secondary N) is 3. The molecule has 0 spiro atoms. The SMILES string of the molecule is Cc1ccccc1C(=O)NCC(=O)NCCCNc1ccc(C(F)(F)F)cn1. The van der Waals surface area contributed by atoms with E-state index in [2.05, 4.69) is 20.9 Å². The summed E-state index contributed by atoms with van der Waals surface area (Å²) in [7, 11) is 0. The molecule has 0 saturated carbocycles. The third-order valence-corrected chi connectivity index (χ3v) is 3.87. The van der Waals surface area contributed by atoms with Gasteiger partial charge in [0.2, 0.25) is 5.91 Å². The summed E-state index contributed by atoms with van der Waals surface area (Å²) < 4.78 is 37.3. The van der Waals surface area contributed by atoms with Crippen LogP contribution in [0.3, 0.4) is 0 Å². The van der Waals surface area contributed by atoms with Crippen LogP contribution in [-0.2, 0) is 11.0 Å². The summed E-state index contributed by atoms with van der Waals surface area (Å²) in [5, 5.41) is 8.09. The number of benzene rings is 1. The maximum absolute atomic E-state index is 12.4. The first-order chi connectivity index (χ1) is 13.3. The molecule has 6 nitrogen and oxygen atoms in total. The average molecular weight is 394 g/mol. The molecule has 0 saturated heterocycles. The Morgan fingerprint density at radius 3 is 2.43 bits per heavy atom. The van der Waals surface area contributed by atoms with E-state index in [0.29, 0.717) is 30.9 Å². The molecule has 0 aliphatic rings. The second kappa shape index (κ2) is 9.72. The number of alkyl halides is 3. The highest BCUT2D eigenvalue weighted by Gasteiger charge is 2.30. The smallest absolute Gasteiger partial charge is 0.370 e. The van der Waals surface area contributed by atoms with Crippen molar-refractivity contribution < 1.29 is 22.8 Å². The van der Waals surface area contributed by atoms with Crippen LogP contribution in [0.1, 0.15) is 27.9 Å². The van der Waals surface area contributed by atoms with Gasteiger partial charge in [0.25, 0.3) is 5.91 Å². The fourth-order valence-corrected chi connectivity index (χ4v) is 2.34. The van der Waals surface area contributed by atoms with Gasteiger partial charge in [-0.05, 0) is 37.1 Å². The van der Waals surface area contributed by atoms with Crippen molar-refractivity contribution in [3.8, 4) is 0 Å². The van der Waals surface area contributed by atoms with Crippen molar-refractivity contribution in [3.05, 3.63) is 59.3 Å². The highest BCUT2D eigenvalue weighted by molar-refractivity contribution is 5.97. The second-order valence-electron chi connectivity index (χ2n) is 6.06. The number of carbonyl (C=O) groups is 2. The third kappa shape index (κ3) is 6.57. The van der Waals surface area contributed by atoms with E-state index in [4.69, 9.17) is 0 Å².